The highest BCUT2D eigenvalue weighted by Gasteiger charge is 2.20. The number of nitrogens with two attached hydrogens (primary N) is 1. The largest absolute Gasteiger partial charge is 0.462 e. The Morgan fingerprint density at radius 3 is 2.48 bits per heavy atom. The Balaban J connectivity index is 2.87. The van der Waals surface area contributed by atoms with Gasteiger partial charge in [0.2, 0.25) is 0 Å². The lowest BCUT2D eigenvalue weighted by atomic mass is 10.2. The van der Waals surface area contributed by atoms with Crippen LogP contribution in [-0.2, 0) is 25.6 Å². The summed E-state index contributed by atoms with van der Waals surface area (Å²) >= 11 is 0. The number of aryl methyl sites for hydroxylation is 1. The normalized spacial score (nSPS) is 11.8. The number of esters is 2. The summed E-state index contributed by atoms with van der Waals surface area (Å²) in [5, 5.41) is 0. The van der Waals surface area contributed by atoms with E-state index in [1.54, 1.807) is 31.4 Å². The van der Waals surface area contributed by atoms with Crippen molar-refractivity contribution in [3.63, 3.8) is 0 Å². The molecule has 1 aromatic rings. The van der Waals surface area contributed by atoms with Crippen molar-refractivity contribution in [1.82, 2.24) is 4.57 Å². The van der Waals surface area contributed by atoms with Crippen molar-refractivity contribution in [2.45, 2.75) is 40.3 Å². The van der Waals surface area contributed by atoms with E-state index in [1.165, 1.54) is 6.92 Å². The van der Waals surface area contributed by atoms with E-state index in [0.717, 1.165) is 5.69 Å². The summed E-state index contributed by atoms with van der Waals surface area (Å²) in [6.07, 6.45) is -0.988. The quantitative estimate of drug-likeness (QED) is 0.779. The third-order valence-electron chi connectivity index (χ3n) is 3.07. The van der Waals surface area contributed by atoms with Gasteiger partial charge in [0.15, 0.2) is 6.10 Å². The van der Waals surface area contributed by atoms with Gasteiger partial charge in [-0.3, -0.25) is 9.59 Å². The average Bonchev–Trinajstić information content (AvgIpc) is 2.67. The van der Waals surface area contributed by atoms with Gasteiger partial charge >= 0.3 is 11.9 Å². The van der Waals surface area contributed by atoms with E-state index in [-0.39, 0.29) is 13.2 Å². The van der Waals surface area contributed by atoms with E-state index in [4.69, 9.17) is 15.2 Å². The van der Waals surface area contributed by atoms with Gasteiger partial charge in [-0.25, -0.2) is 4.79 Å². The molecule has 0 aliphatic heterocycles. The lowest BCUT2D eigenvalue weighted by molar-refractivity contribution is -0.154. The Bertz CT molecular complexity index is 562. The van der Waals surface area contributed by atoms with Gasteiger partial charge in [-0.1, -0.05) is 0 Å². The zero-order valence-corrected chi connectivity index (χ0v) is 12.6. The van der Waals surface area contributed by atoms with Gasteiger partial charge in [0, 0.05) is 11.4 Å². The van der Waals surface area contributed by atoms with E-state index < -0.39 is 23.9 Å². The molecule has 1 aromatic heterocycles. The summed E-state index contributed by atoms with van der Waals surface area (Å²) in [6, 6.07) is 1.65. The van der Waals surface area contributed by atoms with Gasteiger partial charge in [-0.15, -0.1) is 0 Å². The third kappa shape index (κ3) is 4.08. The Kier molecular flexibility index (Phi) is 5.52. The van der Waals surface area contributed by atoms with Gasteiger partial charge in [0.05, 0.1) is 12.2 Å². The minimum Gasteiger partial charge on any atom is -0.462 e. The van der Waals surface area contributed by atoms with E-state index >= 15 is 0 Å². The van der Waals surface area contributed by atoms with E-state index in [1.807, 2.05) is 0 Å². The second-order valence-corrected chi connectivity index (χ2v) is 4.63. The minimum atomic E-state index is -0.988. The number of primary amides is 1. The van der Waals surface area contributed by atoms with Crippen molar-refractivity contribution in [3.8, 4) is 0 Å². The van der Waals surface area contributed by atoms with Gasteiger partial charge < -0.3 is 19.8 Å². The second-order valence-electron chi connectivity index (χ2n) is 4.63. The molecule has 0 saturated heterocycles. The van der Waals surface area contributed by atoms with Crippen molar-refractivity contribution in [2.75, 3.05) is 6.61 Å². The zero-order valence-electron chi connectivity index (χ0n) is 12.6. The number of aromatic nitrogens is 1. The number of hydrogen-bond donors (Lipinski definition) is 1. The minimum absolute atomic E-state index is 0.102. The number of carbonyl (C=O) groups excluding carboxylic acids is 3. The number of amides is 1. The van der Waals surface area contributed by atoms with E-state index in [9.17, 15) is 14.4 Å². The fourth-order valence-electron chi connectivity index (χ4n) is 1.88. The van der Waals surface area contributed by atoms with Crippen molar-refractivity contribution < 1.29 is 23.9 Å². The molecule has 7 nitrogen and oxygen atoms in total. The third-order valence-corrected chi connectivity index (χ3v) is 3.07. The van der Waals surface area contributed by atoms with Crippen molar-refractivity contribution in [3.05, 3.63) is 23.0 Å². The molecular weight excluding hydrogens is 276 g/mol. The van der Waals surface area contributed by atoms with Crippen molar-refractivity contribution >= 4 is 17.8 Å². The molecular formula is C14H20N2O5. The molecule has 0 aromatic carbocycles. The maximum Gasteiger partial charge on any atom is 0.339 e. The predicted octanol–water partition coefficient (Wildman–Crippen LogP) is 0.699. The van der Waals surface area contributed by atoms with Crippen LogP contribution in [0.2, 0.25) is 0 Å². The molecule has 0 radical (unpaired) electrons. The number of ether oxygens (including phenoxy) is 2. The molecule has 0 saturated carbocycles. The maximum atomic E-state index is 11.8. The first-order valence-electron chi connectivity index (χ1n) is 6.60. The Hall–Kier alpha value is -2.31. The summed E-state index contributed by atoms with van der Waals surface area (Å²) < 4.78 is 11.5. The monoisotopic (exact) mass is 296 g/mol. The van der Waals surface area contributed by atoms with Gasteiger partial charge in [-0.2, -0.15) is 0 Å². The molecule has 0 fully saturated rings. The van der Waals surface area contributed by atoms with Gasteiger partial charge in [0.1, 0.15) is 6.54 Å². The van der Waals surface area contributed by atoms with E-state index in [0.29, 0.717) is 11.3 Å². The van der Waals surface area contributed by atoms with Crippen LogP contribution in [0.25, 0.3) is 0 Å². The molecule has 1 rings (SSSR count). The Labute approximate surface area is 123 Å². The second kappa shape index (κ2) is 6.92. The Morgan fingerprint density at radius 1 is 1.33 bits per heavy atom. The van der Waals surface area contributed by atoms with Gasteiger partial charge in [-0.05, 0) is 33.8 Å². The van der Waals surface area contributed by atoms with E-state index in [2.05, 4.69) is 0 Å². The number of rotatable bonds is 6. The molecule has 21 heavy (non-hydrogen) atoms. The average molecular weight is 296 g/mol. The highest BCUT2D eigenvalue weighted by atomic mass is 16.5. The van der Waals surface area contributed by atoms with Crippen LogP contribution in [0.1, 0.15) is 35.6 Å². The first-order chi connectivity index (χ1) is 9.77. The summed E-state index contributed by atoms with van der Waals surface area (Å²) in [5.74, 6) is -1.74. The summed E-state index contributed by atoms with van der Waals surface area (Å²) in [7, 11) is 0. The number of nitrogens with zero attached hydrogens (tertiary/aromatic N) is 1. The van der Waals surface area contributed by atoms with Crippen LogP contribution in [0, 0.1) is 13.8 Å². The molecule has 0 unspecified atom stereocenters. The molecule has 1 atom stereocenters. The summed E-state index contributed by atoms with van der Waals surface area (Å²) in [5.41, 5.74) is 6.77. The van der Waals surface area contributed by atoms with Crippen LogP contribution in [0.15, 0.2) is 6.07 Å². The zero-order chi connectivity index (χ0) is 16.2. The highest BCUT2D eigenvalue weighted by molar-refractivity contribution is 5.91. The standard InChI is InChI=1S/C14H20N2O5/c1-5-20-14(19)11-6-8(2)16(9(11)3)7-12(17)21-10(4)13(15)18/h6,10H,5,7H2,1-4H3,(H2,15,18)/t10-/m1/s1. The first-order valence-corrected chi connectivity index (χ1v) is 6.60. The number of hydrogen-bond acceptors (Lipinski definition) is 5. The smallest absolute Gasteiger partial charge is 0.339 e. The van der Waals surface area contributed by atoms with Gasteiger partial charge in [0.25, 0.3) is 5.91 Å². The molecule has 116 valence electrons. The van der Waals surface area contributed by atoms with Crippen molar-refractivity contribution in [1.29, 1.82) is 0 Å². The Morgan fingerprint density at radius 2 is 1.95 bits per heavy atom. The molecule has 0 aliphatic carbocycles. The van der Waals surface area contributed by atoms with Crippen LogP contribution in [-0.4, -0.2) is 35.1 Å². The molecule has 0 bridgehead atoms. The predicted molar refractivity (Wildman–Crippen MR) is 74.6 cm³/mol. The fraction of sp³-hybridized carbons (Fsp3) is 0.500. The molecule has 7 heteroatoms. The van der Waals surface area contributed by atoms with Crippen LogP contribution in [0.3, 0.4) is 0 Å². The molecule has 0 aliphatic rings. The van der Waals surface area contributed by atoms with Crippen LogP contribution in [0.5, 0.6) is 0 Å². The molecule has 1 heterocycles. The lowest BCUT2D eigenvalue weighted by Gasteiger charge is -2.12. The van der Waals surface area contributed by atoms with Crippen LogP contribution >= 0.6 is 0 Å². The SMILES string of the molecule is CCOC(=O)c1cc(C)n(CC(=O)O[C@H](C)C(N)=O)c1C. The van der Waals surface area contributed by atoms with Crippen LogP contribution in [0.4, 0.5) is 0 Å². The fourth-order valence-corrected chi connectivity index (χ4v) is 1.88. The topological polar surface area (TPSA) is 101 Å². The number of carbonyl (C=O) groups is 3. The lowest BCUT2D eigenvalue weighted by Crippen LogP contribution is -2.31. The first kappa shape index (κ1) is 16.7. The summed E-state index contributed by atoms with van der Waals surface area (Å²) in [4.78, 5) is 34.4. The van der Waals surface area contributed by atoms with Crippen LogP contribution < -0.4 is 5.73 Å². The molecule has 2 N–H and O–H groups in total. The summed E-state index contributed by atoms with van der Waals surface area (Å²) in [6.45, 7) is 6.78. The highest BCUT2D eigenvalue weighted by Crippen LogP contribution is 2.16. The molecule has 1 amide bonds. The van der Waals surface area contributed by atoms with Crippen molar-refractivity contribution in [2.24, 2.45) is 5.73 Å². The molecule has 0 spiro atoms. The maximum absolute atomic E-state index is 11.8.